The molecule has 0 heterocycles. The first-order chi connectivity index (χ1) is 9.32. The van der Waals surface area contributed by atoms with Gasteiger partial charge in [-0.15, -0.1) is 0 Å². The van der Waals surface area contributed by atoms with E-state index in [4.69, 9.17) is 4.74 Å². The van der Waals surface area contributed by atoms with Crippen molar-refractivity contribution in [3.8, 4) is 0 Å². The number of hydrogen-bond acceptors (Lipinski definition) is 4. The van der Waals surface area contributed by atoms with Gasteiger partial charge in [-0.1, -0.05) is 26.8 Å². The molecule has 0 unspecified atom stereocenters. The summed E-state index contributed by atoms with van der Waals surface area (Å²) in [5.74, 6) is -0.271. The molecule has 4 heteroatoms. The summed E-state index contributed by atoms with van der Waals surface area (Å²) in [4.78, 5) is 11.4. The number of rotatable bonds is 6. The Morgan fingerprint density at radius 2 is 1.90 bits per heavy atom. The van der Waals surface area contributed by atoms with Crippen LogP contribution in [0, 0.1) is 5.41 Å². The van der Waals surface area contributed by atoms with Crippen LogP contribution in [0.1, 0.15) is 52.9 Å². The molecule has 4 nitrogen and oxygen atoms in total. The van der Waals surface area contributed by atoms with Crippen LogP contribution in [0.25, 0.3) is 0 Å². The second-order valence-corrected chi connectivity index (χ2v) is 6.59. The van der Waals surface area contributed by atoms with Gasteiger partial charge in [-0.25, -0.2) is 4.79 Å². The van der Waals surface area contributed by atoms with E-state index in [9.17, 15) is 9.90 Å². The van der Waals surface area contributed by atoms with Crippen LogP contribution in [-0.2, 0) is 9.53 Å². The molecule has 0 aliphatic heterocycles. The monoisotopic (exact) mass is 283 g/mol. The van der Waals surface area contributed by atoms with Gasteiger partial charge in [0, 0.05) is 18.7 Å². The Labute approximate surface area is 122 Å². The van der Waals surface area contributed by atoms with E-state index < -0.39 is 5.60 Å². The number of hydrogen-bond donors (Lipinski definition) is 2. The molecule has 0 radical (unpaired) electrons. The second kappa shape index (κ2) is 7.23. The molecule has 0 aromatic heterocycles. The molecular weight excluding hydrogens is 254 g/mol. The standard InChI is InChI=1S/C16H29NO3/c1-5-13(14(18)20-4)6-11-17-12-16(19)9-7-15(2,3)8-10-16/h6,17,19H,5,7-12H2,1-4H3. The van der Waals surface area contributed by atoms with Crippen molar-refractivity contribution in [2.45, 2.75) is 58.5 Å². The first kappa shape index (κ1) is 17.2. The van der Waals surface area contributed by atoms with Gasteiger partial charge >= 0.3 is 5.97 Å². The van der Waals surface area contributed by atoms with Gasteiger partial charge in [-0.2, -0.15) is 0 Å². The smallest absolute Gasteiger partial charge is 0.333 e. The average Bonchev–Trinajstić information content (AvgIpc) is 2.42. The fraction of sp³-hybridized carbons (Fsp3) is 0.812. The van der Waals surface area contributed by atoms with Crippen molar-refractivity contribution < 1.29 is 14.6 Å². The summed E-state index contributed by atoms with van der Waals surface area (Å²) >= 11 is 0. The minimum Gasteiger partial charge on any atom is -0.466 e. The van der Waals surface area contributed by atoms with Crippen molar-refractivity contribution in [2.75, 3.05) is 20.2 Å². The fourth-order valence-corrected chi connectivity index (χ4v) is 2.57. The third-order valence-corrected chi connectivity index (χ3v) is 4.31. The highest BCUT2D eigenvalue weighted by Gasteiger charge is 2.36. The Bertz CT molecular complexity index is 351. The van der Waals surface area contributed by atoms with Gasteiger partial charge in [0.25, 0.3) is 0 Å². The molecule has 1 fully saturated rings. The predicted octanol–water partition coefficient (Wildman–Crippen LogP) is 2.42. The summed E-state index contributed by atoms with van der Waals surface area (Å²) in [5.41, 5.74) is 0.435. The zero-order valence-electron chi connectivity index (χ0n) is 13.3. The SMILES string of the molecule is CCC(=CCNCC1(O)CCC(C)(C)CC1)C(=O)OC. The maximum absolute atomic E-state index is 11.4. The molecular formula is C16H29NO3. The van der Waals surface area contributed by atoms with Crippen molar-refractivity contribution in [2.24, 2.45) is 5.41 Å². The van der Waals surface area contributed by atoms with E-state index in [1.54, 1.807) is 0 Å². The molecule has 0 aromatic carbocycles. The van der Waals surface area contributed by atoms with E-state index in [-0.39, 0.29) is 5.97 Å². The zero-order chi connectivity index (χ0) is 15.2. The Hall–Kier alpha value is -0.870. The summed E-state index contributed by atoms with van der Waals surface area (Å²) in [6.45, 7) is 7.61. The van der Waals surface area contributed by atoms with Crippen molar-refractivity contribution in [1.82, 2.24) is 5.32 Å². The summed E-state index contributed by atoms with van der Waals surface area (Å²) in [6.07, 6.45) is 6.31. The molecule has 1 aliphatic carbocycles. The Balaban J connectivity index is 2.37. The Morgan fingerprint density at radius 1 is 1.30 bits per heavy atom. The Kier molecular flexibility index (Phi) is 6.21. The molecule has 2 N–H and O–H groups in total. The first-order valence-corrected chi connectivity index (χ1v) is 7.52. The molecule has 0 aromatic rings. The molecule has 1 saturated carbocycles. The van der Waals surface area contributed by atoms with E-state index in [1.807, 2.05) is 13.0 Å². The number of carbonyl (C=O) groups excluding carboxylic acids is 1. The lowest BCUT2D eigenvalue weighted by Gasteiger charge is -2.40. The minimum atomic E-state index is -0.596. The molecule has 116 valence electrons. The maximum Gasteiger partial charge on any atom is 0.333 e. The first-order valence-electron chi connectivity index (χ1n) is 7.52. The van der Waals surface area contributed by atoms with Gasteiger partial charge in [0.05, 0.1) is 12.7 Å². The fourth-order valence-electron chi connectivity index (χ4n) is 2.57. The maximum atomic E-state index is 11.4. The van der Waals surface area contributed by atoms with E-state index in [1.165, 1.54) is 7.11 Å². The van der Waals surface area contributed by atoms with E-state index in [2.05, 4.69) is 19.2 Å². The molecule has 0 bridgehead atoms. The van der Waals surface area contributed by atoms with Crippen LogP contribution in [0.2, 0.25) is 0 Å². The van der Waals surface area contributed by atoms with Crippen LogP contribution in [-0.4, -0.2) is 36.9 Å². The normalized spacial score (nSPS) is 21.6. The van der Waals surface area contributed by atoms with E-state index in [0.29, 0.717) is 30.5 Å². The zero-order valence-corrected chi connectivity index (χ0v) is 13.3. The molecule has 1 aliphatic rings. The van der Waals surface area contributed by atoms with Crippen LogP contribution < -0.4 is 5.32 Å². The summed E-state index contributed by atoms with van der Waals surface area (Å²) < 4.78 is 4.71. The second-order valence-electron chi connectivity index (χ2n) is 6.59. The van der Waals surface area contributed by atoms with Gasteiger partial charge in [0.15, 0.2) is 0 Å². The van der Waals surface area contributed by atoms with Crippen LogP contribution in [0.4, 0.5) is 0 Å². The summed E-state index contributed by atoms with van der Waals surface area (Å²) in [5, 5.41) is 13.7. The molecule has 0 amide bonds. The molecule has 20 heavy (non-hydrogen) atoms. The molecule has 0 saturated heterocycles. The number of nitrogens with one attached hydrogen (secondary N) is 1. The predicted molar refractivity (Wildman–Crippen MR) is 80.5 cm³/mol. The van der Waals surface area contributed by atoms with Crippen molar-refractivity contribution in [3.05, 3.63) is 11.6 Å². The number of ether oxygens (including phenoxy) is 1. The minimum absolute atomic E-state index is 0.271. The van der Waals surface area contributed by atoms with Gasteiger partial charge in [-0.05, 0) is 37.5 Å². The summed E-state index contributed by atoms with van der Waals surface area (Å²) in [6, 6.07) is 0. The number of carbonyl (C=O) groups is 1. The molecule has 1 rings (SSSR count). The van der Waals surface area contributed by atoms with Crippen molar-refractivity contribution in [3.63, 3.8) is 0 Å². The number of esters is 1. The van der Waals surface area contributed by atoms with Crippen molar-refractivity contribution in [1.29, 1.82) is 0 Å². The van der Waals surface area contributed by atoms with Crippen LogP contribution in [0.5, 0.6) is 0 Å². The lowest BCUT2D eigenvalue weighted by molar-refractivity contribution is -0.136. The number of methoxy groups -OCH3 is 1. The van der Waals surface area contributed by atoms with Gasteiger partial charge < -0.3 is 15.2 Å². The summed E-state index contributed by atoms with van der Waals surface area (Å²) in [7, 11) is 1.39. The average molecular weight is 283 g/mol. The topological polar surface area (TPSA) is 58.6 Å². The van der Waals surface area contributed by atoms with Gasteiger partial charge in [-0.3, -0.25) is 0 Å². The largest absolute Gasteiger partial charge is 0.466 e. The lowest BCUT2D eigenvalue weighted by Crippen LogP contribution is -2.45. The highest BCUT2D eigenvalue weighted by atomic mass is 16.5. The quantitative estimate of drug-likeness (QED) is 0.446. The van der Waals surface area contributed by atoms with Crippen LogP contribution in [0.3, 0.4) is 0 Å². The molecule has 0 atom stereocenters. The third kappa shape index (κ3) is 5.25. The van der Waals surface area contributed by atoms with Crippen LogP contribution >= 0.6 is 0 Å². The van der Waals surface area contributed by atoms with Gasteiger partial charge in [0.1, 0.15) is 0 Å². The lowest BCUT2D eigenvalue weighted by atomic mass is 9.71. The third-order valence-electron chi connectivity index (χ3n) is 4.31. The van der Waals surface area contributed by atoms with E-state index >= 15 is 0 Å². The highest BCUT2D eigenvalue weighted by molar-refractivity contribution is 5.88. The molecule has 0 spiro atoms. The van der Waals surface area contributed by atoms with Crippen molar-refractivity contribution >= 4 is 5.97 Å². The van der Waals surface area contributed by atoms with Crippen LogP contribution in [0.15, 0.2) is 11.6 Å². The van der Waals surface area contributed by atoms with E-state index in [0.717, 1.165) is 25.7 Å². The Morgan fingerprint density at radius 3 is 2.40 bits per heavy atom. The highest BCUT2D eigenvalue weighted by Crippen LogP contribution is 2.39. The number of aliphatic hydroxyl groups is 1. The van der Waals surface area contributed by atoms with Gasteiger partial charge in [0.2, 0.25) is 0 Å².